The minimum absolute atomic E-state index is 0.0521. The molecule has 0 spiro atoms. The van der Waals surface area contributed by atoms with Crippen LogP contribution in [0.15, 0.2) is 55.2 Å². The molecule has 4 aromatic rings. The predicted octanol–water partition coefficient (Wildman–Crippen LogP) is 8.60. The summed E-state index contributed by atoms with van der Waals surface area (Å²) in [6.45, 7) is 7.57. The summed E-state index contributed by atoms with van der Waals surface area (Å²) in [5.74, 6) is 0. The zero-order valence-electron chi connectivity index (χ0n) is 18.9. The van der Waals surface area contributed by atoms with E-state index in [0.717, 1.165) is 22.3 Å². The Hall–Kier alpha value is -0.830. The summed E-state index contributed by atoms with van der Waals surface area (Å²) in [4.78, 5) is 23.7. The van der Waals surface area contributed by atoms with E-state index in [1.807, 2.05) is 45.9 Å². The average Bonchev–Trinajstić information content (AvgIpc) is 2.79. The van der Waals surface area contributed by atoms with Gasteiger partial charge < -0.3 is 13.9 Å². The Bertz CT molecular complexity index is 1300. The van der Waals surface area contributed by atoms with Crippen LogP contribution in [-0.4, -0.2) is 5.11 Å². The van der Waals surface area contributed by atoms with Crippen LogP contribution in [0.25, 0.3) is 21.9 Å². The molecule has 4 rings (SSSR count). The first-order valence-electron chi connectivity index (χ1n) is 9.98. The van der Waals surface area contributed by atoms with E-state index >= 15 is 0 Å². The van der Waals surface area contributed by atoms with Crippen LogP contribution in [0.3, 0.4) is 0 Å². The van der Waals surface area contributed by atoms with Crippen LogP contribution in [0.2, 0.25) is 0 Å². The quantitative estimate of drug-likeness (QED) is 0.165. The molecular weight excluding hydrogens is 719 g/mol. The number of fused-ring (bicyclic) bond motifs is 2. The third kappa shape index (κ3) is 7.11. The largest absolute Gasteiger partial charge is 0.463 e. The highest BCUT2D eigenvalue weighted by atomic mass is 80.0. The maximum absolute atomic E-state index is 11.9. The first-order chi connectivity index (χ1) is 16.0. The van der Waals surface area contributed by atoms with Gasteiger partial charge in [-0.1, -0.05) is 28.1 Å². The minimum atomic E-state index is -0.287. The average molecular weight is 742 g/mol. The lowest BCUT2D eigenvalue weighted by Crippen LogP contribution is -2.08. The summed E-state index contributed by atoms with van der Waals surface area (Å²) in [6.07, 6.45) is 2.86. The molecule has 0 aliphatic heterocycles. The van der Waals surface area contributed by atoms with Crippen LogP contribution >= 0.6 is 66.4 Å². The Morgan fingerprint density at radius 2 is 1.15 bits per heavy atom. The second kappa shape index (κ2) is 13.5. The van der Waals surface area contributed by atoms with Gasteiger partial charge in [0.1, 0.15) is 21.5 Å². The van der Waals surface area contributed by atoms with Crippen molar-refractivity contribution in [3.63, 3.8) is 0 Å². The van der Waals surface area contributed by atoms with Crippen LogP contribution in [0, 0.1) is 27.7 Å². The SMILES string of the molecule is BrP(Br)Br.Cc1ccc2c(=O)c(CBr)coc2c1C.Cc1ccc2c(=O)c(CO)coc2c1C. The molecular formula is C24H23Br4O5P. The molecule has 2 heterocycles. The van der Waals surface area contributed by atoms with Gasteiger partial charge in [0.2, 0.25) is 0 Å². The van der Waals surface area contributed by atoms with E-state index in [-0.39, 0.29) is 21.5 Å². The Balaban J connectivity index is 0.000000208. The molecule has 0 aliphatic carbocycles. The van der Waals surface area contributed by atoms with E-state index in [1.165, 1.54) is 12.5 Å². The molecule has 0 amide bonds. The highest BCUT2D eigenvalue weighted by Crippen LogP contribution is 2.59. The van der Waals surface area contributed by atoms with Crippen LogP contribution in [0.4, 0.5) is 0 Å². The molecule has 0 unspecified atom stereocenters. The number of benzene rings is 2. The van der Waals surface area contributed by atoms with Crippen molar-refractivity contribution in [2.24, 2.45) is 0 Å². The van der Waals surface area contributed by atoms with E-state index < -0.39 is 0 Å². The zero-order valence-corrected chi connectivity index (χ0v) is 26.2. The molecule has 10 heteroatoms. The molecule has 0 aliphatic rings. The van der Waals surface area contributed by atoms with E-state index in [4.69, 9.17) is 13.9 Å². The van der Waals surface area contributed by atoms with E-state index in [0.29, 0.717) is 38.4 Å². The third-order valence-corrected chi connectivity index (χ3v) is 5.98. The predicted molar refractivity (Wildman–Crippen MR) is 156 cm³/mol. The lowest BCUT2D eigenvalue weighted by molar-refractivity contribution is 0.277. The number of aryl methyl sites for hydroxylation is 4. The van der Waals surface area contributed by atoms with Gasteiger partial charge in [-0.15, -0.1) is 0 Å². The molecule has 0 bridgehead atoms. The number of alkyl halides is 1. The second-order valence-electron chi connectivity index (χ2n) is 7.43. The van der Waals surface area contributed by atoms with Crippen molar-refractivity contribution in [2.75, 3.05) is 0 Å². The smallest absolute Gasteiger partial charge is 0.198 e. The van der Waals surface area contributed by atoms with Gasteiger partial charge in [-0.2, -0.15) is 0 Å². The van der Waals surface area contributed by atoms with E-state index in [9.17, 15) is 9.59 Å². The van der Waals surface area contributed by atoms with Crippen LogP contribution in [0.1, 0.15) is 33.4 Å². The monoisotopic (exact) mass is 738 g/mol. The zero-order chi connectivity index (χ0) is 25.6. The fourth-order valence-corrected chi connectivity index (χ4v) is 3.54. The van der Waals surface area contributed by atoms with Gasteiger partial charge in [-0.05, 0) is 109 Å². The number of aliphatic hydroxyl groups excluding tert-OH is 1. The van der Waals surface area contributed by atoms with Gasteiger partial charge in [-0.25, -0.2) is 0 Å². The highest BCUT2D eigenvalue weighted by Gasteiger charge is 2.10. The fraction of sp³-hybridized carbons (Fsp3) is 0.250. The molecule has 0 saturated carbocycles. The Labute approximate surface area is 231 Å². The number of halogens is 4. The maximum Gasteiger partial charge on any atom is 0.198 e. The maximum atomic E-state index is 11.9. The summed E-state index contributed by atoms with van der Waals surface area (Å²) in [6, 6.07) is 7.40. The third-order valence-electron chi connectivity index (χ3n) is 5.38. The number of hydrogen-bond acceptors (Lipinski definition) is 5. The summed E-state index contributed by atoms with van der Waals surface area (Å²) in [5.41, 5.74) is 6.39. The second-order valence-corrected chi connectivity index (χ2v) is 23.3. The number of hydrogen-bond donors (Lipinski definition) is 1. The van der Waals surface area contributed by atoms with Crippen molar-refractivity contribution in [2.45, 2.75) is 39.6 Å². The first-order valence-corrected chi connectivity index (χ1v) is 18.5. The molecule has 5 nitrogen and oxygen atoms in total. The fourth-order valence-electron chi connectivity index (χ4n) is 3.16. The summed E-state index contributed by atoms with van der Waals surface area (Å²) >= 11 is 12.8. The molecule has 182 valence electrons. The Kier molecular flexibility index (Phi) is 11.6. The van der Waals surface area contributed by atoms with Crippen molar-refractivity contribution in [3.8, 4) is 0 Å². The van der Waals surface area contributed by atoms with Gasteiger partial charge in [0.25, 0.3) is 0 Å². The van der Waals surface area contributed by atoms with Gasteiger partial charge in [-0.3, -0.25) is 9.59 Å². The summed E-state index contributed by atoms with van der Waals surface area (Å²) in [5, 5.41) is 10.7. The summed E-state index contributed by atoms with van der Waals surface area (Å²) in [7, 11) is 0. The van der Waals surface area contributed by atoms with Crippen molar-refractivity contribution in [1.29, 1.82) is 0 Å². The van der Waals surface area contributed by atoms with Crippen molar-refractivity contribution in [1.82, 2.24) is 0 Å². The molecule has 34 heavy (non-hydrogen) atoms. The van der Waals surface area contributed by atoms with Crippen molar-refractivity contribution >= 4 is 88.4 Å². The Morgan fingerprint density at radius 1 is 0.765 bits per heavy atom. The van der Waals surface area contributed by atoms with Gasteiger partial charge in [0.15, 0.2) is 10.9 Å². The standard InChI is InChI=1S/C12H11BrO2.C12H12O3.Br3P/c2*1-7-3-4-10-11(14)9(5-13)6-15-12(10)8(7)2;1-4(2)3/h3-4,6H,5H2,1-2H3;3-4,6,13H,5H2,1-2H3;. The van der Waals surface area contributed by atoms with E-state index in [1.54, 1.807) is 6.07 Å². The molecule has 0 fully saturated rings. The normalized spacial score (nSPS) is 10.6. The molecule has 2 aromatic carbocycles. The van der Waals surface area contributed by atoms with Gasteiger partial charge in [0.05, 0.1) is 29.2 Å². The highest BCUT2D eigenvalue weighted by molar-refractivity contribution is 9.93. The first kappa shape index (κ1) is 29.4. The molecule has 0 atom stereocenters. The Morgan fingerprint density at radius 3 is 1.53 bits per heavy atom. The van der Waals surface area contributed by atoms with Crippen LogP contribution in [-0.2, 0) is 11.9 Å². The van der Waals surface area contributed by atoms with E-state index in [2.05, 4.69) is 62.4 Å². The topological polar surface area (TPSA) is 80.7 Å². The number of rotatable bonds is 2. The molecule has 0 saturated heterocycles. The van der Waals surface area contributed by atoms with Crippen molar-refractivity contribution in [3.05, 3.63) is 90.6 Å². The molecule has 0 radical (unpaired) electrons. The lowest BCUT2D eigenvalue weighted by atomic mass is 10.1. The minimum Gasteiger partial charge on any atom is -0.463 e. The van der Waals surface area contributed by atoms with Crippen molar-refractivity contribution < 1.29 is 13.9 Å². The molecule has 1 N–H and O–H groups in total. The van der Waals surface area contributed by atoms with Gasteiger partial charge in [0, 0.05) is 10.9 Å². The van der Waals surface area contributed by atoms with Crippen LogP contribution in [0.5, 0.6) is 0 Å². The van der Waals surface area contributed by atoms with Crippen LogP contribution < -0.4 is 10.9 Å². The van der Waals surface area contributed by atoms with Gasteiger partial charge >= 0.3 is 0 Å². The number of aliphatic hydroxyl groups is 1. The molecule has 2 aromatic heterocycles. The summed E-state index contributed by atoms with van der Waals surface area (Å²) < 4.78 is 10.7. The lowest BCUT2D eigenvalue weighted by Gasteiger charge is -2.04.